The molecule has 134 valence electrons. The van der Waals surface area contributed by atoms with Crippen LogP contribution < -0.4 is 10.6 Å². The van der Waals surface area contributed by atoms with E-state index >= 15 is 0 Å². The van der Waals surface area contributed by atoms with Gasteiger partial charge in [-0.15, -0.1) is 0 Å². The number of carbonyl (C=O) groups is 2. The first-order valence-electron chi connectivity index (χ1n) is 8.95. The van der Waals surface area contributed by atoms with Crippen molar-refractivity contribution in [3.63, 3.8) is 0 Å². The molecule has 25 heavy (non-hydrogen) atoms. The minimum absolute atomic E-state index is 0.0340. The molecular formula is C19H25N3O3. The highest BCUT2D eigenvalue weighted by Gasteiger charge is 2.58. The molecule has 2 heterocycles. The standard InChI is InChI=1S/C19H25N3O3/c1-25-11-16(23)22-10-15-9-20-12-18(15,13-22)17(24)21-19(7-8-19)14-5-3-2-4-6-14/h2-6,15,20H,7-13H2,1H3,(H,21,24)/t15-,18-/m0/s1. The van der Waals surface area contributed by atoms with Crippen molar-refractivity contribution in [3.05, 3.63) is 35.9 Å². The highest BCUT2D eigenvalue weighted by Crippen LogP contribution is 2.47. The van der Waals surface area contributed by atoms with Crippen LogP contribution in [-0.4, -0.2) is 56.6 Å². The van der Waals surface area contributed by atoms with Crippen LogP contribution in [0, 0.1) is 11.3 Å². The van der Waals surface area contributed by atoms with Crippen LogP contribution in [0.25, 0.3) is 0 Å². The summed E-state index contributed by atoms with van der Waals surface area (Å²) in [6.07, 6.45) is 1.95. The van der Waals surface area contributed by atoms with Crippen molar-refractivity contribution in [2.45, 2.75) is 18.4 Å². The molecule has 0 aromatic heterocycles. The molecule has 2 aliphatic heterocycles. The fourth-order valence-electron chi connectivity index (χ4n) is 4.36. The van der Waals surface area contributed by atoms with Gasteiger partial charge in [0.05, 0.1) is 11.0 Å². The van der Waals surface area contributed by atoms with Crippen molar-refractivity contribution in [1.82, 2.24) is 15.5 Å². The van der Waals surface area contributed by atoms with E-state index in [-0.39, 0.29) is 29.9 Å². The van der Waals surface area contributed by atoms with Crippen LogP contribution in [0.2, 0.25) is 0 Å². The van der Waals surface area contributed by atoms with Crippen LogP contribution in [-0.2, 0) is 19.9 Å². The quantitative estimate of drug-likeness (QED) is 0.816. The molecule has 6 nitrogen and oxygen atoms in total. The topological polar surface area (TPSA) is 70.7 Å². The summed E-state index contributed by atoms with van der Waals surface area (Å²) < 4.78 is 4.97. The third kappa shape index (κ3) is 2.73. The number of ether oxygens (including phenoxy) is 1. The first-order valence-corrected chi connectivity index (χ1v) is 8.95. The average molecular weight is 343 g/mol. The van der Waals surface area contributed by atoms with E-state index in [0.29, 0.717) is 19.6 Å². The lowest BCUT2D eigenvalue weighted by molar-refractivity contribution is -0.136. The fraction of sp³-hybridized carbons (Fsp3) is 0.579. The van der Waals surface area contributed by atoms with Crippen molar-refractivity contribution in [1.29, 1.82) is 0 Å². The van der Waals surface area contributed by atoms with Crippen molar-refractivity contribution in [3.8, 4) is 0 Å². The fourth-order valence-corrected chi connectivity index (χ4v) is 4.36. The summed E-state index contributed by atoms with van der Waals surface area (Å²) in [6.45, 7) is 2.59. The minimum Gasteiger partial charge on any atom is -0.375 e. The molecule has 1 aromatic carbocycles. The highest BCUT2D eigenvalue weighted by molar-refractivity contribution is 5.87. The van der Waals surface area contributed by atoms with E-state index in [1.165, 1.54) is 12.7 Å². The van der Waals surface area contributed by atoms with Gasteiger partial charge in [0.25, 0.3) is 0 Å². The molecule has 4 rings (SSSR count). The predicted octanol–water partition coefficient (Wildman–Crippen LogP) is 0.486. The molecule has 2 atom stereocenters. The zero-order chi connectivity index (χ0) is 17.5. The largest absolute Gasteiger partial charge is 0.375 e. The summed E-state index contributed by atoms with van der Waals surface area (Å²) in [5.41, 5.74) is 0.436. The van der Waals surface area contributed by atoms with Crippen molar-refractivity contribution in [2.75, 3.05) is 39.9 Å². The van der Waals surface area contributed by atoms with Gasteiger partial charge in [-0.25, -0.2) is 0 Å². The number of hydrogen-bond donors (Lipinski definition) is 2. The Hall–Kier alpha value is -1.92. The number of methoxy groups -OCH3 is 1. The zero-order valence-electron chi connectivity index (χ0n) is 14.6. The van der Waals surface area contributed by atoms with Crippen LogP contribution in [0.3, 0.4) is 0 Å². The maximum absolute atomic E-state index is 13.3. The summed E-state index contributed by atoms with van der Waals surface area (Å²) in [5.74, 6) is 0.213. The van der Waals surface area contributed by atoms with Crippen LogP contribution in [0.15, 0.2) is 30.3 Å². The van der Waals surface area contributed by atoms with Gasteiger partial charge in [0.2, 0.25) is 11.8 Å². The first kappa shape index (κ1) is 16.5. The van der Waals surface area contributed by atoms with Crippen LogP contribution >= 0.6 is 0 Å². The van der Waals surface area contributed by atoms with E-state index in [0.717, 1.165) is 19.4 Å². The summed E-state index contributed by atoms with van der Waals surface area (Å²) in [4.78, 5) is 27.3. The number of nitrogens with one attached hydrogen (secondary N) is 2. The number of carbonyl (C=O) groups excluding carboxylic acids is 2. The van der Waals surface area contributed by atoms with Gasteiger partial charge < -0.3 is 20.3 Å². The molecule has 1 saturated carbocycles. The Balaban J connectivity index is 1.52. The van der Waals surface area contributed by atoms with Crippen molar-refractivity contribution >= 4 is 11.8 Å². The third-order valence-corrected chi connectivity index (χ3v) is 6.03. The monoisotopic (exact) mass is 343 g/mol. The average Bonchev–Trinajstić information content (AvgIpc) is 3.13. The molecule has 2 N–H and O–H groups in total. The Kier molecular flexibility index (Phi) is 4.04. The predicted molar refractivity (Wildman–Crippen MR) is 92.7 cm³/mol. The summed E-state index contributed by atoms with van der Waals surface area (Å²) in [5, 5.41) is 6.68. The summed E-state index contributed by atoms with van der Waals surface area (Å²) in [6, 6.07) is 10.2. The number of fused-ring (bicyclic) bond motifs is 1. The van der Waals surface area contributed by atoms with Crippen molar-refractivity contribution in [2.24, 2.45) is 11.3 Å². The highest BCUT2D eigenvalue weighted by atomic mass is 16.5. The zero-order valence-corrected chi connectivity index (χ0v) is 14.6. The van der Waals surface area contributed by atoms with Crippen LogP contribution in [0.5, 0.6) is 0 Å². The number of amides is 2. The molecule has 6 heteroatoms. The Morgan fingerprint density at radius 3 is 2.76 bits per heavy atom. The lowest BCUT2D eigenvalue weighted by atomic mass is 9.79. The van der Waals surface area contributed by atoms with E-state index in [9.17, 15) is 9.59 Å². The molecule has 1 aromatic rings. The van der Waals surface area contributed by atoms with Crippen molar-refractivity contribution < 1.29 is 14.3 Å². The van der Waals surface area contributed by atoms with Crippen LogP contribution in [0.4, 0.5) is 0 Å². The SMILES string of the molecule is COCC(=O)N1C[C@@H]2CNC[C@]2(C(=O)NC2(c3ccccc3)CC2)C1. The summed E-state index contributed by atoms with van der Waals surface area (Å²) in [7, 11) is 1.52. The Labute approximate surface area is 147 Å². The number of hydrogen-bond acceptors (Lipinski definition) is 4. The molecule has 0 spiro atoms. The molecule has 0 unspecified atom stereocenters. The second kappa shape index (κ2) is 6.11. The normalized spacial score (nSPS) is 29.3. The lowest BCUT2D eigenvalue weighted by Gasteiger charge is -2.30. The van der Waals surface area contributed by atoms with Gasteiger partial charge in [-0.2, -0.15) is 0 Å². The van der Waals surface area contributed by atoms with Gasteiger partial charge in [0, 0.05) is 39.2 Å². The van der Waals surface area contributed by atoms with Gasteiger partial charge in [0.15, 0.2) is 0 Å². The molecule has 0 radical (unpaired) electrons. The van der Waals surface area contributed by atoms with Gasteiger partial charge >= 0.3 is 0 Å². The number of nitrogens with zero attached hydrogens (tertiary/aromatic N) is 1. The molecule has 2 saturated heterocycles. The van der Waals surface area contributed by atoms with Crippen LogP contribution in [0.1, 0.15) is 18.4 Å². The molecule has 3 fully saturated rings. The van der Waals surface area contributed by atoms with E-state index < -0.39 is 5.41 Å². The van der Waals surface area contributed by atoms with E-state index in [1.54, 1.807) is 4.90 Å². The molecule has 3 aliphatic rings. The van der Waals surface area contributed by atoms with Gasteiger partial charge in [-0.3, -0.25) is 9.59 Å². The maximum Gasteiger partial charge on any atom is 0.248 e. The Bertz CT molecular complexity index is 674. The number of benzene rings is 1. The molecule has 0 bridgehead atoms. The lowest BCUT2D eigenvalue weighted by Crippen LogP contribution is -2.51. The first-order chi connectivity index (χ1) is 12.1. The number of rotatable bonds is 5. The van der Waals surface area contributed by atoms with Gasteiger partial charge in [-0.05, 0) is 18.4 Å². The molecule has 1 aliphatic carbocycles. The summed E-state index contributed by atoms with van der Waals surface area (Å²) >= 11 is 0. The minimum atomic E-state index is -0.520. The van der Waals surface area contributed by atoms with E-state index in [2.05, 4.69) is 22.8 Å². The molecule has 2 amide bonds. The van der Waals surface area contributed by atoms with E-state index in [4.69, 9.17) is 4.74 Å². The Morgan fingerprint density at radius 2 is 2.08 bits per heavy atom. The smallest absolute Gasteiger partial charge is 0.248 e. The molecular weight excluding hydrogens is 318 g/mol. The van der Waals surface area contributed by atoms with E-state index in [1.807, 2.05) is 18.2 Å². The van der Waals surface area contributed by atoms with Gasteiger partial charge in [-0.1, -0.05) is 30.3 Å². The second-order valence-corrected chi connectivity index (χ2v) is 7.59. The number of likely N-dealkylation sites (tertiary alicyclic amines) is 1. The second-order valence-electron chi connectivity index (χ2n) is 7.59. The maximum atomic E-state index is 13.3. The van der Waals surface area contributed by atoms with Gasteiger partial charge in [0.1, 0.15) is 6.61 Å². The Morgan fingerprint density at radius 1 is 1.32 bits per heavy atom. The third-order valence-electron chi connectivity index (χ3n) is 6.03.